The van der Waals surface area contributed by atoms with Gasteiger partial charge in [-0.15, -0.1) is 0 Å². The van der Waals surface area contributed by atoms with E-state index < -0.39 is 0 Å². The lowest BCUT2D eigenvalue weighted by Crippen LogP contribution is -2.00. The van der Waals surface area contributed by atoms with Crippen molar-refractivity contribution in [2.45, 2.75) is 19.4 Å². The molecule has 7 heavy (non-hydrogen) atoms. The van der Waals surface area contributed by atoms with E-state index in [4.69, 9.17) is 5.11 Å². The van der Waals surface area contributed by atoms with Gasteiger partial charge in [-0.2, -0.15) is 0 Å². The number of hydrogen-bond donors (Lipinski definition) is 1. The van der Waals surface area contributed by atoms with Crippen LogP contribution in [0.25, 0.3) is 0 Å². The molecule has 1 heterocycles. The Bertz CT molecular complexity index is 96.3. The first-order valence-corrected chi connectivity index (χ1v) is 2.39. The molecule has 0 aromatic carbocycles. The minimum atomic E-state index is -0.347. The molecule has 1 atom stereocenters. The molecule has 0 saturated heterocycles. The summed E-state index contributed by atoms with van der Waals surface area (Å²) < 4.78 is 4.60. The molecular formula is C5H8O2. The summed E-state index contributed by atoms with van der Waals surface area (Å²) in [4.78, 5) is 0. The van der Waals surface area contributed by atoms with Gasteiger partial charge in [-0.25, -0.2) is 0 Å². The van der Waals surface area contributed by atoms with Gasteiger partial charge in [0.2, 0.25) is 0 Å². The topological polar surface area (TPSA) is 32.8 Å². The molecule has 0 saturated carbocycles. The van der Waals surface area contributed by atoms with E-state index in [1.807, 2.05) is 6.92 Å². The van der Waals surface area contributed by atoms with Crippen molar-refractivity contribution in [2.75, 3.05) is 0 Å². The van der Waals surface area contributed by atoms with Gasteiger partial charge in [0.05, 0.1) is 0 Å². The lowest BCUT2D eigenvalue weighted by atomic mass is 10.3. The van der Waals surface area contributed by atoms with Gasteiger partial charge in [0.1, 0.15) is 12.4 Å². The van der Waals surface area contributed by atoms with Gasteiger partial charge >= 0.3 is 0 Å². The molecule has 0 fully saturated rings. The Morgan fingerprint density at radius 2 is 2.57 bits per heavy atom. The summed E-state index contributed by atoms with van der Waals surface area (Å²) in [5.74, 6) is 0.725. The summed E-state index contributed by atoms with van der Waals surface area (Å²) in [6, 6.07) is 0. The van der Waals surface area contributed by atoms with Crippen molar-refractivity contribution in [3.63, 3.8) is 0 Å². The van der Waals surface area contributed by atoms with E-state index in [2.05, 4.69) is 4.74 Å². The Morgan fingerprint density at radius 3 is 2.71 bits per heavy atom. The minimum Gasteiger partial charge on any atom is -0.460 e. The molecular weight excluding hydrogens is 92.1 g/mol. The average molecular weight is 100 g/mol. The van der Waals surface area contributed by atoms with Crippen LogP contribution < -0.4 is 0 Å². The SMILES string of the molecule is CC[C@@H](O)C1=CO1. The number of aliphatic hydroxyl groups is 1. The van der Waals surface area contributed by atoms with Crippen LogP contribution in [0.2, 0.25) is 0 Å². The predicted octanol–water partition coefficient (Wildman–Crippen LogP) is 0.629. The summed E-state index contributed by atoms with van der Waals surface area (Å²) in [6.07, 6.45) is 1.96. The van der Waals surface area contributed by atoms with Crippen LogP contribution in [0.3, 0.4) is 0 Å². The maximum Gasteiger partial charge on any atom is 0.167 e. The molecule has 0 aromatic heterocycles. The molecule has 2 nitrogen and oxygen atoms in total. The second-order valence-electron chi connectivity index (χ2n) is 1.56. The number of aliphatic hydroxyl groups excluding tert-OH is 1. The van der Waals surface area contributed by atoms with Crippen LogP contribution in [0.1, 0.15) is 13.3 Å². The smallest absolute Gasteiger partial charge is 0.167 e. The van der Waals surface area contributed by atoms with Crippen molar-refractivity contribution in [3.8, 4) is 0 Å². The molecule has 0 bridgehead atoms. The summed E-state index contributed by atoms with van der Waals surface area (Å²) in [6.45, 7) is 1.91. The fourth-order valence-corrected chi connectivity index (χ4v) is 0.392. The maximum absolute atomic E-state index is 8.80. The van der Waals surface area contributed by atoms with E-state index in [9.17, 15) is 0 Å². The van der Waals surface area contributed by atoms with E-state index in [1.165, 1.54) is 0 Å². The number of rotatable bonds is 2. The molecule has 40 valence electrons. The van der Waals surface area contributed by atoms with Crippen LogP contribution in [0.15, 0.2) is 12.0 Å². The van der Waals surface area contributed by atoms with Gasteiger partial charge in [0.25, 0.3) is 0 Å². The third-order valence-corrected chi connectivity index (χ3v) is 0.969. The lowest BCUT2D eigenvalue weighted by Gasteiger charge is -1.94. The summed E-state index contributed by atoms with van der Waals surface area (Å²) in [5.41, 5.74) is 0. The Kier molecular flexibility index (Phi) is 1.02. The van der Waals surface area contributed by atoms with E-state index in [0.29, 0.717) is 0 Å². The highest BCUT2D eigenvalue weighted by Crippen LogP contribution is 2.19. The van der Waals surface area contributed by atoms with Crippen molar-refractivity contribution >= 4 is 0 Å². The maximum atomic E-state index is 8.80. The first kappa shape index (κ1) is 4.65. The fourth-order valence-electron chi connectivity index (χ4n) is 0.392. The summed E-state index contributed by atoms with van der Waals surface area (Å²) >= 11 is 0. The van der Waals surface area contributed by atoms with Crippen molar-refractivity contribution in [1.29, 1.82) is 0 Å². The van der Waals surface area contributed by atoms with E-state index in [-0.39, 0.29) is 6.10 Å². The molecule has 0 spiro atoms. The van der Waals surface area contributed by atoms with Crippen molar-refractivity contribution < 1.29 is 9.84 Å². The number of ether oxygens (including phenoxy) is 1. The van der Waals surface area contributed by atoms with Gasteiger partial charge < -0.3 is 9.84 Å². The fraction of sp³-hybridized carbons (Fsp3) is 0.600. The summed E-state index contributed by atoms with van der Waals surface area (Å²) in [5, 5.41) is 8.80. The van der Waals surface area contributed by atoms with E-state index in [1.54, 1.807) is 6.26 Å². The lowest BCUT2D eigenvalue weighted by molar-refractivity contribution is 0.182. The van der Waals surface area contributed by atoms with Crippen molar-refractivity contribution in [3.05, 3.63) is 12.0 Å². The highest BCUT2D eigenvalue weighted by Gasteiger charge is 2.17. The molecule has 0 aliphatic carbocycles. The normalized spacial score (nSPS) is 20.0. The van der Waals surface area contributed by atoms with E-state index >= 15 is 0 Å². The highest BCUT2D eigenvalue weighted by molar-refractivity contribution is 5.07. The largest absolute Gasteiger partial charge is 0.460 e. The molecule has 0 amide bonds. The van der Waals surface area contributed by atoms with Gasteiger partial charge in [-0.3, -0.25) is 0 Å². The van der Waals surface area contributed by atoms with Gasteiger partial charge in [0.15, 0.2) is 5.76 Å². The molecule has 1 rings (SSSR count). The molecule has 0 radical (unpaired) electrons. The zero-order valence-electron chi connectivity index (χ0n) is 4.22. The zero-order valence-corrected chi connectivity index (χ0v) is 4.22. The van der Waals surface area contributed by atoms with Crippen LogP contribution in [0.4, 0.5) is 0 Å². The molecule has 2 heteroatoms. The van der Waals surface area contributed by atoms with Crippen LogP contribution >= 0.6 is 0 Å². The van der Waals surface area contributed by atoms with E-state index in [0.717, 1.165) is 12.2 Å². The zero-order chi connectivity index (χ0) is 5.28. The van der Waals surface area contributed by atoms with Crippen molar-refractivity contribution in [1.82, 2.24) is 0 Å². The predicted molar refractivity (Wildman–Crippen MR) is 25.5 cm³/mol. The van der Waals surface area contributed by atoms with Crippen LogP contribution in [-0.2, 0) is 4.74 Å². The standard InChI is InChI=1S/C5H8O2/c1-2-4(6)5-3-7-5/h3-4,6H,2H2,1H3/t4-/m1/s1. The summed E-state index contributed by atoms with van der Waals surface area (Å²) in [7, 11) is 0. The Morgan fingerprint density at radius 1 is 2.00 bits per heavy atom. The minimum absolute atomic E-state index is 0.347. The van der Waals surface area contributed by atoms with Gasteiger partial charge in [0, 0.05) is 0 Å². The first-order valence-electron chi connectivity index (χ1n) is 2.39. The monoisotopic (exact) mass is 100 g/mol. The van der Waals surface area contributed by atoms with Gasteiger partial charge in [-0.05, 0) is 6.42 Å². The third kappa shape index (κ3) is 0.933. The number of hydrogen-bond acceptors (Lipinski definition) is 2. The Balaban J connectivity index is 2.24. The molecule has 1 aliphatic heterocycles. The Labute approximate surface area is 42.4 Å². The average Bonchev–Trinajstić information content (AvgIpc) is 2.44. The van der Waals surface area contributed by atoms with Crippen LogP contribution in [0.5, 0.6) is 0 Å². The van der Waals surface area contributed by atoms with Crippen molar-refractivity contribution in [2.24, 2.45) is 0 Å². The second kappa shape index (κ2) is 1.54. The van der Waals surface area contributed by atoms with Crippen LogP contribution in [-0.4, -0.2) is 11.2 Å². The first-order chi connectivity index (χ1) is 3.34. The molecule has 0 aromatic rings. The second-order valence-corrected chi connectivity index (χ2v) is 1.56. The highest BCUT2D eigenvalue weighted by atomic mass is 16.6. The van der Waals surface area contributed by atoms with Crippen LogP contribution in [0, 0.1) is 0 Å². The molecule has 1 aliphatic rings. The molecule has 1 N–H and O–H groups in total. The quantitative estimate of drug-likeness (QED) is 0.552. The molecule has 0 unspecified atom stereocenters. The Hall–Kier alpha value is -0.500. The van der Waals surface area contributed by atoms with Gasteiger partial charge in [-0.1, -0.05) is 6.92 Å². The third-order valence-electron chi connectivity index (χ3n) is 0.969.